The summed E-state index contributed by atoms with van der Waals surface area (Å²) in [6, 6.07) is 14.1. The molecule has 0 saturated heterocycles. The first-order chi connectivity index (χ1) is 13.3. The minimum Gasteiger partial charge on any atom is -0.489 e. The number of benzene rings is 2. The maximum Gasteiger partial charge on any atom is 0.410 e. The lowest BCUT2D eigenvalue weighted by molar-refractivity contribution is 0.0222. The lowest BCUT2D eigenvalue weighted by Crippen LogP contribution is -2.40. The third-order valence-electron chi connectivity index (χ3n) is 4.20. The Morgan fingerprint density at radius 2 is 1.75 bits per heavy atom. The summed E-state index contributed by atoms with van der Waals surface area (Å²) >= 11 is 3.62. The Labute approximate surface area is 177 Å². The van der Waals surface area contributed by atoms with Crippen LogP contribution in [-0.4, -0.2) is 23.1 Å². The highest BCUT2D eigenvalue weighted by Gasteiger charge is 2.28. The first kappa shape index (κ1) is 22.3. The smallest absolute Gasteiger partial charge is 0.410 e. The van der Waals surface area contributed by atoms with Crippen molar-refractivity contribution in [2.75, 3.05) is 6.54 Å². The molecule has 1 aliphatic heterocycles. The summed E-state index contributed by atoms with van der Waals surface area (Å²) < 4.78 is 12.6. The molecule has 2 aromatic rings. The molecule has 1 heterocycles. The van der Waals surface area contributed by atoms with Gasteiger partial charge in [-0.2, -0.15) is 0 Å². The third-order valence-corrected chi connectivity index (χ3v) is 4.94. The molecule has 4 nitrogen and oxygen atoms in total. The van der Waals surface area contributed by atoms with Crippen molar-refractivity contribution in [1.82, 2.24) is 4.90 Å². The quantitative estimate of drug-likeness (QED) is 0.550. The van der Waals surface area contributed by atoms with Gasteiger partial charge in [0.25, 0.3) is 0 Å². The molecule has 0 spiro atoms. The van der Waals surface area contributed by atoms with Gasteiger partial charge >= 0.3 is 6.09 Å². The Morgan fingerprint density at radius 3 is 2.39 bits per heavy atom. The topological polar surface area (TPSA) is 38.8 Å². The van der Waals surface area contributed by atoms with Crippen LogP contribution < -0.4 is 4.74 Å². The summed E-state index contributed by atoms with van der Waals surface area (Å²) in [5.41, 5.74) is 2.90. The van der Waals surface area contributed by atoms with Crippen molar-refractivity contribution in [2.24, 2.45) is 0 Å². The molecule has 0 radical (unpaired) electrons. The van der Waals surface area contributed by atoms with Crippen molar-refractivity contribution in [3.05, 3.63) is 63.6 Å². The van der Waals surface area contributed by atoms with Crippen molar-refractivity contribution in [3.8, 4) is 5.75 Å². The lowest BCUT2D eigenvalue weighted by atomic mass is 9.99. The van der Waals surface area contributed by atoms with Crippen LogP contribution in [0.15, 0.2) is 46.9 Å². The normalized spacial score (nSPS) is 13.1. The van der Waals surface area contributed by atoms with Crippen molar-refractivity contribution in [3.63, 3.8) is 0 Å². The average molecular weight is 448 g/mol. The predicted octanol–water partition coefficient (Wildman–Crippen LogP) is 6.35. The zero-order valence-electron chi connectivity index (χ0n) is 17.4. The molecule has 0 aromatic heterocycles. The van der Waals surface area contributed by atoms with Gasteiger partial charge < -0.3 is 14.4 Å². The second-order valence-corrected chi connectivity index (χ2v) is 8.28. The number of carbonyl (C=O) groups is 1. The highest BCUT2D eigenvalue weighted by molar-refractivity contribution is 9.10. The van der Waals surface area contributed by atoms with Gasteiger partial charge in [-0.05, 0) is 50.5 Å². The van der Waals surface area contributed by atoms with Crippen LogP contribution in [0.25, 0.3) is 0 Å². The van der Waals surface area contributed by atoms with Gasteiger partial charge in [0.05, 0.1) is 6.54 Å². The van der Waals surface area contributed by atoms with E-state index in [4.69, 9.17) is 9.47 Å². The Hall–Kier alpha value is -2.01. The minimum absolute atomic E-state index is 0.273. The van der Waals surface area contributed by atoms with Gasteiger partial charge in [-0.15, -0.1) is 0 Å². The third kappa shape index (κ3) is 5.99. The molecule has 0 atom stereocenters. The number of rotatable bonds is 3. The van der Waals surface area contributed by atoms with Crippen LogP contribution in [-0.2, 0) is 24.3 Å². The van der Waals surface area contributed by atoms with Gasteiger partial charge in [-0.1, -0.05) is 60.1 Å². The molecule has 0 saturated carbocycles. The van der Waals surface area contributed by atoms with Crippen LogP contribution in [0.5, 0.6) is 5.75 Å². The Morgan fingerprint density at radius 1 is 1.07 bits per heavy atom. The van der Waals surface area contributed by atoms with Gasteiger partial charge in [0.1, 0.15) is 18.0 Å². The van der Waals surface area contributed by atoms with Crippen LogP contribution in [0.3, 0.4) is 0 Å². The number of carbonyl (C=O) groups excluding carboxylic acids is 1. The van der Waals surface area contributed by atoms with E-state index in [1.54, 1.807) is 4.90 Å². The summed E-state index contributed by atoms with van der Waals surface area (Å²) in [7, 11) is 0. The monoisotopic (exact) mass is 447 g/mol. The molecule has 0 bridgehead atoms. The zero-order valence-corrected chi connectivity index (χ0v) is 19.0. The fraction of sp³-hybridized carbons (Fsp3) is 0.435. The highest BCUT2D eigenvalue weighted by Crippen LogP contribution is 2.34. The van der Waals surface area contributed by atoms with Gasteiger partial charge in [0.2, 0.25) is 0 Å². The van der Waals surface area contributed by atoms with E-state index in [2.05, 4.69) is 28.1 Å². The summed E-state index contributed by atoms with van der Waals surface area (Å²) in [5.74, 6) is 0.885. The number of hydrogen-bond acceptors (Lipinski definition) is 3. The Bertz CT molecular complexity index is 784. The Balaban J connectivity index is 0.00000136. The van der Waals surface area contributed by atoms with Crippen molar-refractivity contribution >= 4 is 22.0 Å². The van der Waals surface area contributed by atoms with Crippen LogP contribution in [0.1, 0.15) is 51.3 Å². The molecule has 152 valence electrons. The molecule has 3 rings (SSSR count). The highest BCUT2D eigenvalue weighted by atomic mass is 79.9. The van der Waals surface area contributed by atoms with E-state index in [-0.39, 0.29) is 6.09 Å². The maximum absolute atomic E-state index is 12.4. The second kappa shape index (κ2) is 9.97. The summed E-state index contributed by atoms with van der Waals surface area (Å²) in [6.07, 6.45) is 0.476. The molecule has 5 heteroatoms. The second-order valence-electron chi connectivity index (χ2n) is 7.43. The first-order valence-corrected chi connectivity index (χ1v) is 10.6. The SMILES string of the molecule is CC.CC(C)(C)OC(=O)N1CCc2c(OCc3ccccc3)ccc(Br)c2C1. The van der Waals surface area contributed by atoms with E-state index in [9.17, 15) is 4.79 Å². The number of nitrogens with zero attached hydrogens (tertiary/aromatic N) is 1. The van der Waals surface area contributed by atoms with Gasteiger partial charge in [-0.3, -0.25) is 0 Å². The number of fused-ring (bicyclic) bond motifs is 1. The van der Waals surface area contributed by atoms with Gasteiger partial charge in [0, 0.05) is 16.6 Å². The molecule has 0 fully saturated rings. The van der Waals surface area contributed by atoms with Gasteiger partial charge in [-0.25, -0.2) is 4.79 Å². The number of amides is 1. The van der Waals surface area contributed by atoms with Crippen LogP contribution in [0.4, 0.5) is 4.79 Å². The van der Waals surface area contributed by atoms with Crippen LogP contribution >= 0.6 is 15.9 Å². The van der Waals surface area contributed by atoms with E-state index in [0.717, 1.165) is 33.3 Å². The first-order valence-electron chi connectivity index (χ1n) is 9.78. The van der Waals surface area contributed by atoms with Crippen molar-refractivity contribution < 1.29 is 14.3 Å². The maximum atomic E-state index is 12.4. The summed E-state index contributed by atoms with van der Waals surface area (Å²) in [5, 5.41) is 0. The van der Waals surface area contributed by atoms with Crippen LogP contribution in [0, 0.1) is 0 Å². The number of hydrogen-bond donors (Lipinski definition) is 0. The predicted molar refractivity (Wildman–Crippen MR) is 117 cm³/mol. The van der Waals surface area contributed by atoms with E-state index >= 15 is 0 Å². The molecule has 1 amide bonds. The molecule has 2 aromatic carbocycles. The average Bonchev–Trinajstić information content (AvgIpc) is 2.68. The summed E-state index contributed by atoms with van der Waals surface area (Å²) in [6.45, 7) is 11.3. The lowest BCUT2D eigenvalue weighted by Gasteiger charge is -2.32. The molecular weight excluding hydrogens is 418 g/mol. The fourth-order valence-electron chi connectivity index (χ4n) is 2.96. The molecule has 0 N–H and O–H groups in total. The van der Waals surface area contributed by atoms with Crippen molar-refractivity contribution in [2.45, 2.75) is 59.8 Å². The standard InChI is InChI=1S/C21H24BrNO3.C2H6/c1-21(2,3)26-20(24)23-12-11-16-17(13-23)18(22)9-10-19(16)25-14-15-7-5-4-6-8-15;1-2/h4-10H,11-14H2,1-3H3;1-2H3. The van der Waals surface area contributed by atoms with E-state index in [1.807, 2.05) is 65.0 Å². The Kier molecular flexibility index (Phi) is 7.93. The summed E-state index contributed by atoms with van der Waals surface area (Å²) in [4.78, 5) is 14.1. The molecule has 1 aliphatic rings. The van der Waals surface area contributed by atoms with E-state index in [1.165, 1.54) is 0 Å². The number of ether oxygens (including phenoxy) is 2. The largest absolute Gasteiger partial charge is 0.489 e. The van der Waals surface area contributed by atoms with Gasteiger partial charge in [0.15, 0.2) is 0 Å². The molecule has 0 aliphatic carbocycles. The number of halogens is 1. The van der Waals surface area contributed by atoms with Crippen LogP contribution in [0.2, 0.25) is 0 Å². The zero-order chi connectivity index (χ0) is 20.7. The molecular formula is C23H30BrNO3. The van der Waals surface area contributed by atoms with E-state index < -0.39 is 5.60 Å². The minimum atomic E-state index is -0.491. The molecule has 0 unspecified atom stereocenters. The molecule has 28 heavy (non-hydrogen) atoms. The van der Waals surface area contributed by atoms with Crippen molar-refractivity contribution in [1.29, 1.82) is 0 Å². The fourth-order valence-corrected chi connectivity index (χ4v) is 3.45. The van der Waals surface area contributed by atoms with E-state index in [0.29, 0.717) is 19.7 Å².